The molecule has 5 aliphatic rings. The highest BCUT2D eigenvalue weighted by Crippen LogP contribution is 2.45. The summed E-state index contributed by atoms with van der Waals surface area (Å²) in [6.07, 6.45) is 1.84. The Morgan fingerprint density at radius 3 is 2.15 bits per heavy atom. The Balaban J connectivity index is 0.820. The van der Waals surface area contributed by atoms with Crippen LogP contribution in [-0.2, 0) is 28.9 Å². The molecule has 322 valence electrons. The number of aldehydes is 1. The van der Waals surface area contributed by atoms with Crippen molar-refractivity contribution in [2.75, 3.05) is 57.8 Å². The van der Waals surface area contributed by atoms with Crippen LogP contribution < -0.4 is 10.2 Å². The number of para-hydroxylation sites is 1. The predicted octanol–water partition coefficient (Wildman–Crippen LogP) is 6.74. The van der Waals surface area contributed by atoms with Gasteiger partial charge in [-0.05, 0) is 123 Å². The smallest absolute Gasteiger partial charge is 0.371 e. The molecule has 5 heterocycles. The predicted molar refractivity (Wildman–Crippen MR) is 218 cm³/mol. The number of benzene rings is 3. The summed E-state index contributed by atoms with van der Waals surface area (Å²) in [5.74, 6) is -2.89. The normalized spacial score (nSPS) is 21.2. The molecule has 2 saturated heterocycles. The second-order valence-corrected chi connectivity index (χ2v) is 17.7. The fourth-order valence-electron chi connectivity index (χ4n) is 11.0. The molecule has 2 N–H and O–H groups in total. The number of likely N-dealkylation sites (N-methyl/N-ethyl adjacent to an activating group) is 1. The summed E-state index contributed by atoms with van der Waals surface area (Å²) in [4.78, 5) is 60.3. The van der Waals surface area contributed by atoms with Gasteiger partial charge in [-0.3, -0.25) is 24.2 Å². The number of alkyl halides is 3. The number of aromatic amines is 1. The van der Waals surface area contributed by atoms with Gasteiger partial charge in [0.2, 0.25) is 5.91 Å². The van der Waals surface area contributed by atoms with Crippen LogP contribution in [0, 0.1) is 23.0 Å². The Labute approximate surface area is 350 Å². The molecule has 0 bridgehead atoms. The fraction of sp³-hybridized carbons (Fsp3) is 0.478. The molecule has 2 atom stereocenters. The number of nitrogens with one attached hydrogen (secondary N) is 2. The first-order valence-electron chi connectivity index (χ1n) is 21.3. The highest BCUT2D eigenvalue weighted by Gasteiger charge is 2.45. The number of piperidine rings is 2. The first kappa shape index (κ1) is 41.2. The lowest BCUT2D eigenvalue weighted by Gasteiger charge is -2.48. The van der Waals surface area contributed by atoms with Gasteiger partial charge < -0.3 is 24.9 Å². The molecular formula is C46H49F5N6O4. The number of H-pyrrole nitrogens is 1. The Morgan fingerprint density at radius 1 is 0.918 bits per heavy atom. The van der Waals surface area contributed by atoms with E-state index in [1.807, 2.05) is 41.3 Å². The summed E-state index contributed by atoms with van der Waals surface area (Å²) in [5, 5.41) is 3.35. The maximum Gasteiger partial charge on any atom is 0.401 e. The zero-order valence-corrected chi connectivity index (χ0v) is 34.1. The van der Waals surface area contributed by atoms with E-state index in [-0.39, 0.29) is 30.4 Å². The van der Waals surface area contributed by atoms with E-state index in [1.165, 1.54) is 19.2 Å². The maximum absolute atomic E-state index is 16.2. The first-order valence-corrected chi connectivity index (χ1v) is 21.3. The van der Waals surface area contributed by atoms with E-state index < -0.39 is 54.2 Å². The molecule has 3 aromatic carbocycles. The van der Waals surface area contributed by atoms with Crippen LogP contribution in [0.4, 0.5) is 27.6 Å². The summed E-state index contributed by atoms with van der Waals surface area (Å²) >= 11 is 0. The maximum atomic E-state index is 16.2. The average molecular weight is 845 g/mol. The fourth-order valence-corrected chi connectivity index (χ4v) is 11.0. The van der Waals surface area contributed by atoms with Crippen LogP contribution in [0.3, 0.4) is 0 Å². The largest absolute Gasteiger partial charge is 0.401 e. The van der Waals surface area contributed by atoms with Crippen LogP contribution in [0.15, 0.2) is 48.5 Å². The lowest BCUT2D eigenvalue weighted by atomic mass is 9.71. The number of carbonyl (C=O) groups is 4. The van der Waals surface area contributed by atoms with Crippen molar-refractivity contribution in [3.8, 4) is 0 Å². The minimum atomic E-state index is -4.55. The molecule has 2 fully saturated rings. The molecular weight excluding hydrogens is 796 g/mol. The highest BCUT2D eigenvalue weighted by molar-refractivity contribution is 6.23. The number of imide groups is 1. The van der Waals surface area contributed by atoms with Gasteiger partial charge in [0.15, 0.2) is 0 Å². The second kappa shape index (κ2) is 16.0. The number of amides is 3. The van der Waals surface area contributed by atoms with Gasteiger partial charge in [0, 0.05) is 67.5 Å². The van der Waals surface area contributed by atoms with Crippen molar-refractivity contribution in [3.05, 3.63) is 99.2 Å². The molecule has 2 unspecified atom stereocenters. The molecule has 0 saturated carbocycles. The second-order valence-electron chi connectivity index (χ2n) is 17.7. The summed E-state index contributed by atoms with van der Waals surface area (Å²) in [5.41, 5.74) is 4.73. The third-order valence-corrected chi connectivity index (χ3v) is 14.2. The lowest BCUT2D eigenvalue weighted by Crippen LogP contribution is -2.48. The van der Waals surface area contributed by atoms with Crippen molar-refractivity contribution in [3.63, 3.8) is 0 Å². The molecule has 1 spiro atoms. The van der Waals surface area contributed by atoms with E-state index in [4.69, 9.17) is 0 Å². The Hall–Kier alpha value is -5.15. The summed E-state index contributed by atoms with van der Waals surface area (Å²) in [6, 6.07) is 11.2. The van der Waals surface area contributed by atoms with Gasteiger partial charge in [0.1, 0.15) is 24.0 Å². The molecule has 61 heavy (non-hydrogen) atoms. The molecule has 10 nitrogen and oxygen atoms in total. The zero-order valence-electron chi connectivity index (χ0n) is 34.1. The van der Waals surface area contributed by atoms with Crippen molar-refractivity contribution in [2.45, 2.75) is 76.0 Å². The number of aromatic nitrogens is 1. The topological polar surface area (TPSA) is 109 Å². The zero-order chi connectivity index (χ0) is 42.8. The first-order chi connectivity index (χ1) is 29.3. The molecule has 1 aliphatic carbocycles. The molecule has 4 aromatic rings. The number of likely N-dealkylation sites (tertiary alicyclic amines) is 1. The van der Waals surface area contributed by atoms with Crippen molar-refractivity contribution in [2.24, 2.45) is 11.3 Å². The highest BCUT2D eigenvalue weighted by atomic mass is 19.4. The Bertz CT molecular complexity index is 2330. The Morgan fingerprint density at radius 2 is 1.54 bits per heavy atom. The van der Waals surface area contributed by atoms with Crippen LogP contribution in [-0.4, -0.2) is 109 Å². The average Bonchev–Trinajstić information content (AvgIpc) is 3.89. The van der Waals surface area contributed by atoms with Gasteiger partial charge in [-0.25, -0.2) is 8.78 Å². The van der Waals surface area contributed by atoms with E-state index >= 15 is 8.78 Å². The van der Waals surface area contributed by atoms with Gasteiger partial charge in [0.05, 0.1) is 23.7 Å². The van der Waals surface area contributed by atoms with Crippen LogP contribution in [0.5, 0.6) is 0 Å². The van der Waals surface area contributed by atoms with E-state index in [2.05, 4.69) is 15.2 Å². The van der Waals surface area contributed by atoms with E-state index in [0.717, 1.165) is 95.6 Å². The molecule has 4 aliphatic heterocycles. The molecule has 9 rings (SSSR count). The molecule has 15 heteroatoms. The minimum Gasteiger partial charge on any atom is -0.371 e. The van der Waals surface area contributed by atoms with Crippen LogP contribution in [0.25, 0.3) is 10.9 Å². The Kier molecular flexibility index (Phi) is 10.8. The van der Waals surface area contributed by atoms with Gasteiger partial charge in [0.25, 0.3) is 11.8 Å². The number of nitrogens with zero attached hydrogens (tertiary/aromatic N) is 4. The number of anilines is 1. The molecule has 0 radical (unpaired) electrons. The quantitative estimate of drug-likeness (QED) is 0.104. The number of fused-ring (bicyclic) bond motifs is 5. The summed E-state index contributed by atoms with van der Waals surface area (Å²) < 4.78 is 73.8. The lowest BCUT2D eigenvalue weighted by molar-refractivity contribution is -0.150. The van der Waals surface area contributed by atoms with Crippen LogP contribution >= 0.6 is 0 Å². The van der Waals surface area contributed by atoms with E-state index in [0.29, 0.717) is 54.2 Å². The van der Waals surface area contributed by atoms with Crippen LogP contribution in [0.1, 0.15) is 93.2 Å². The number of rotatable bonds is 10. The number of halogens is 5. The van der Waals surface area contributed by atoms with Crippen molar-refractivity contribution < 1.29 is 41.1 Å². The van der Waals surface area contributed by atoms with Crippen LogP contribution in [0.2, 0.25) is 0 Å². The summed E-state index contributed by atoms with van der Waals surface area (Å²) in [6.45, 7) is 2.68. The number of carbonyl (C=O) groups excluding carboxylic acids is 4. The van der Waals surface area contributed by atoms with Gasteiger partial charge in [-0.15, -0.1) is 0 Å². The molecule has 1 aromatic heterocycles. The third kappa shape index (κ3) is 7.61. The van der Waals surface area contributed by atoms with Gasteiger partial charge in [-0.1, -0.05) is 18.2 Å². The standard InChI is InChI=1S/C46H49F5N6O4/c1-52-42(59)38(7-4-18-58)57-43(60)33-21-28-19-27(20-29(28)22-34(33)44(57)61)25-54-14-9-45(10-15-54)11-16-55(17-12-45)30-23-35(47)39(36(48)24-30)41-40-32(8-13-56(41)26-46(49,50)51)31-5-2-3-6-37(31)53-40/h2-3,5-6,18,21-24,27,38,41,53H,4,7-17,19-20,25-26H2,1H3,(H,52,59). The summed E-state index contributed by atoms with van der Waals surface area (Å²) in [7, 11) is 1.43. The molecule has 3 amide bonds. The number of hydrogen-bond donors (Lipinski definition) is 2. The number of hydrogen-bond acceptors (Lipinski definition) is 7. The minimum absolute atomic E-state index is 0.0129. The third-order valence-electron chi connectivity index (χ3n) is 14.2. The van der Waals surface area contributed by atoms with E-state index in [1.54, 1.807) is 0 Å². The SMILES string of the molecule is CNC(=O)C(CCC=O)N1C(=O)c2cc3c(cc2C1=O)CC(CN1CCC2(CC1)CCN(c1cc(F)c(C4c5[nH]c6ccccc6c5CCN4CC(F)(F)F)c(F)c1)CC2)C3. The van der Waals surface area contributed by atoms with Gasteiger partial charge in [-0.2, -0.15) is 13.2 Å². The van der Waals surface area contributed by atoms with Crippen molar-refractivity contribution in [1.82, 2.24) is 25.0 Å². The van der Waals surface area contributed by atoms with E-state index in [9.17, 15) is 32.3 Å². The van der Waals surface area contributed by atoms with Crippen molar-refractivity contribution >= 4 is 40.6 Å². The van der Waals surface area contributed by atoms with Gasteiger partial charge >= 0.3 is 6.18 Å². The monoisotopic (exact) mass is 844 g/mol. The van der Waals surface area contributed by atoms with Crippen molar-refractivity contribution in [1.29, 1.82) is 0 Å².